The molecule has 0 spiro atoms. The molecule has 4 heteroatoms. The quantitative estimate of drug-likeness (QED) is 0.807. The summed E-state index contributed by atoms with van der Waals surface area (Å²) >= 11 is 1.56. The average Bonchev–Trinajstić information content (AvgIpc) is 2.25. The van der Waals surface area contributed by atoms with E-state index >= 15 is 0 Å². The van der Waals surface area contributed by atoms with Crippen molar-refractivity contribution in [2.75, 3.05) is 11.9 Å². The van der Waals surface area contributed by atoms with Gasteiger partial charge >= 0.3 is 0 Å². The highest BCUT2D eigenvalue weighted by molar-refractivity contribution is 8.00. The number of rotatable bonds is 2. The van der Waals surface area contributed by atoms with Crippen LogP contribution in [-0.4, -0.2) is 24.0 Å². The fraction of sp³-hybridized carbons (Fsp3) is 0.385. The predicted molar refractivity (Wildman–Crippen MR) is 69.6 cm³/mol. The van der Waals surface area contributed by atoms with Crippen molar-refractivity contribution in [3.8, 4) is 0 Å². The van der Waals surface area contributed by atoms with E-state index in [1.165, 1.54) is 0 Å². The second-order valence-corrected chi connectivity index (χ2v) is 5.72. The number of anilines is 1. The van der Waals surface area contributed by atoms with Crippen molar-refractivity contribution >= 4 is 29.1 Å². The van der Waals surface area contributed by atoms with Gasteiger partial charge in [0.1, 0.15) is 5.78 Å². The van der Waals surface area contributed by atoms with Gasteiger partial charge in [0.25, 0.3) is 0 Å². The van der Waals surface area contributed by atoms with Gasteiger partial charge in [-0.2, -0.15) is 0 Å². The maximum absolute atomic E-state index is 11.8. The van der Waals surface area contributed by atoms with Gasteiger partial charge < -0.3 is 4.90 Å². The van der Waals surface area contributed by atoms with Crippen LogP contribution in [0.1, 0.15) is 19.4 Å². The van der Waals surface area contributed by atoms with Crippen LogP contribution in [0.4, 0.5) is 5.69 Å². The zero-order valence-corrected chi connectivity index (χ0v) is 11.0. The van der Waals surface area contributed by atoms with Crippen LogP contribution < -0.4 is 4.90 Å². The number of thioether (sulfide) groups is 1. The fourth-order valence-corrected chi connectivity index (χ4v) is 3.14. The van der Waals surface area contributed by atoms with Crippen molar-refractivity contribution < 1.29 is 9.59 Å². The summed E-state index contributed by atoms with van der Waals surface area (Å²) in [6.07, 6.45) is 0.458. The molecule has 1 aromatic carbocycles. The summed E-state index contributed by atoms with van der Waals surface area (Å²) in [7, 11) is 1.79. The van der Waals surface area contributed by atoms with Crippen LogP contribution in [0.25, 0.3) is 0 Å². The lowest BCUT2D eigenvalue weighted by molar-refractivity contribution is -0.118. The number of carbonyl (C=O) groups excluding carboxylic acids is 2. The predicted octanol–water partition coefficient (Wildman–Crippen LogP) is 2.28. The molecule has 0 bridgehead atoms. The molecule has 2 rings (SSSR count). The molecule has 1 unspecified atom stereocenters. The Morgan fingerprint density at radius 2 is 2.18 bits per heavy atom. The highest BCUT2D eigenvalue weighted by Crippen LogP contribution is 2.38. The first-order valence-corrected chi connectivity index (χ1v) is 6.43. The van der Waals surface area contributed by atoms with E-state index in [1.54, 1.807) is 30.6 Å². The van der Waals surface area contributed by atoms with Crippen molar-refractivity contribution in [2.24, 2.45) is 0 Å². The van der Waals surface area contributed by atoms with Crippen LogP contribution in [0.15, 0.2) is 23.1 Å². The first kappa shape index (κ1) is 12.2. The molecule has 0 saturated carbocycles. The summed E-state index contributed by atoms with van der Waals surface area (Å²) < 4.78 is 0. The van der Waals surface area contributed by atoms with Crippen molar-refractivity contribution in [3.05, 3.63) is 23.8 Å². The number of ketones is 1. The average molecular weight is 249 g/mol. The molecule has 0 aromatic heterocycles. The number of carbonyl (C=O) groups is 2. The minimum absolute atomic E-state index is 0.0555. The van der Waals surface area contributed by atoms with Gasteiger partial charge in [0.2, 0.25) is 5.91 Å². The lowest BCUT2D eigenvalue weighted by Gasteiger charge is -2.29. The Kier molecular flexibility index (Phi) is 3.24. The second-order valence-electron chi connectivity index (χ2n) is 4.34. The van der Waals surface area contributed by atoms with Gasteiger partial charge in [0, 0.05) is 18.4 Å². The molecular weight excluding hydrogens is 234 g/mol. The maximum Gasteiger partial charge on any atom is 0.239 e. The van der Waals surface area contributed by atoms with E-state index in [-0.39, 0.29) is 16.9 Å². The van der Waals surface area contributed by atoms with Crippen LogP contribution in [0.2, 0.25) is 0 Å². The van der Waals surface area contributed by atoms with E-state index in [0.29, 0.717) is 6.42 Å². The summed E-state index contributed by atoms with van der Waals surface area (Å²) in [6.45, 7) is 3.49. The smallest absolute Gasteiger partial charge is 0.239 e. The highest BCUT2D eigenvalue weighted by Gasteiger charge is 2.28. The van der Waals surface area contributed by atoms with Gasteiger partial charge in [-0.1, -0.05) is 6.07 Å². The topological polar surface area (TPSA) is 37.4 Å². The number of benzene rings is 1. The first-order chi connectivity index (χ1) is 7.99. The minimum Gasteiger partial charge on any atom is -0.313 e. The molecular formula is C13H15NO2S. The van der Waals surface area contributed by atoms with Gasteiger partial charge in [-0.05, 0) is 31.5 Å². The maximum atomic E-state index is 11.8. The van der Waals surface area contributed by atoms with Gasteiger partial charge in [-0.15, -0.1) is 11.8 Å². The number of amides is 1. The third kappa shape index (κ3) is 2.36. The summed E-state index contributed by atoms with van der Waals surface area (Å²) in [5, 5.41) is -0.0555. The van der Waals surface area contributed by atoms with E-state index < -0.39 is 0 Å². The Balaban J connectivity index is 2.36. The normalized spacial score (nSPS) is 19.1. The number of hydrogen-bond acceptors (Lipinski definition) is 3. The Labute approximate surface area is 105 Å². The minimum atomic E-state index is -0.0555. The van der Waals surface area contributed by atoms with E-state index in [9.17, 15) is 9.59 Å². The Bertz CT molecular complexity index is 484. The van der Waals surface area contributed by atoms with Gasteiger partial charge in [0.05, 0.1) is 10.9 Å². The van der Waals surface area contributed by atoms with E-state index in [4.69, 9.17) is 0 Å². The van der Waals surface area contributed by atoms with Crippen LogP contribution >= 0.6 is 11.8 Å². The third-order valence-corrected chi connectivity index (χ3v) is 3.96. The zero-order valence-electron chi connectivity index (χ0n) is 10.2. The molecule has 90 valence electrons. The van der Waals surface area contributed by atoms with Gasteiger partial charge in [0.15, 0.2) is 0 Å². The number of fused-ring (bicyclic) bond motifs is 1. The molecule has 1 aliphatic rings. The molecule has 0 radical (unpaired) electrons. The molecule has 1 atom stereocenters. The van der Waals surface area contributed by atoms with E-state index in [1.807, 2.05) is 25.1 Å². The zero-order chi connectivity index (χ0) is 12.6. The lowest BCUT2D eigenvalue weighted by atomic mass is 10.1. The van der Waals surface area contributed by atoms with E-state index in [2.05, 4.69) is 0 Å². The Morgan fingerprint density at radius 1 is 1.47 bits per heavy atom. The molecule has 0 fully saturated rings. The summed E-state index contributed by atoms with van der Waals surface area (Å²) in [5.74, 6) is 0.282. The molecule has 0 saturated heterocycles. The molecule has 17 heavy (non-hydrogen) atoms. The first-order valence-electron chi connectivity index (χ1n) is 5.55. The molecule has 1 aromatic rings. The van der Waals surface area contributed by atoms with Crippen LogP contribution in [-0.2, 0) is 16.0 Å². The lowest BCUT2D eigenvalue weighted by Crippen LogP contribution is -2.36. The van der Waals surface area contributed by atoms with Crippen LogP contribution in [0.3, 0.4) is 0 Å². The molecule has 0 aliphatic carbocycles. The molecule has 1 heterocycles. The van der Waals surface area contributed by atoms with Gasteiger partial charge in [-0.3, -0.25) is 9.59 Å². The number of hydrogen-bond donors (Lipinski definition) is 0. The number of nitrogens with zero attached hydrogens (tertiary/aromatic N) is 1. The van der Waals surface area contributed by atoms with Crippen molar-refractivity contribution in [1.29, 1.82) is 0 Å². The standard InChI is InChI=1S/C13H15NO2S/c1-8(15)6-10-4-5-11-12(7-10)17-9(2)13(16)14(11)3/h4-5,7,9H,6H2,1-3H3. The Hall–Kier alpha value is -1.29. The van der Waals surface area contributed by atoms with Crippen molar-refractivity contribution in [3.63, 3.8) is 0 Å². The monoisotopic (exact) mass is 249 g/mol. The second kappa shape index (κ2) is 4.53. The Morgan fingerprint density at radius 3 is 2.82 bits per heavy atom. The van der Waals surface area contributed by atoms with E-state index in [0.717, 1.165) is 16.1 Å². The SMILES string of the molecule is CC(=O)Cc1ccc2c(c1)SC(C)C(=O)N2C. The summed E-state index contributed by atoms with van der Waals surface area (Å²) in [4.78, 5) is 25.7. The van der Waals surface area contributed by atoms with Crippen molar-refractivity contribution in [2.45, 2.75) is 30.4 Å². The third-order valence-electron chi connectivity index (χ3n) is 2.82. The van der Waals surface area contributed by atoms with Crippen LogP contribution in [0, 0.1) is 0 Å². The molecule has 0 N–H and O–H groups in total. The van der Waals surface area contributed by atoms with Crippen molar-refractivity contribution in [1.82, 2.24) is 0 Å². The number of Topliss-reactive ketones (excluding diaryl/α,β-unsaturated/α-hetero) is 1. The van der Waals surface area contributed by atoms with Crippen LogP contribution in [0.5, 0.6) is 0 Å². The molecule has 1 aliphatic heterocycles. The molecule has 3 nitrogen and oxygen atoms in total. The summed E-state index contributed by atoms with van der Waals surface area (Å²) in [5.41, 5.74) is 1.95. The molecule has 1 amide bonds. The largest absolute Gasteiger partial charge is 0.313 e. The summed E-state index contributed by atoms with van der Waals surface area (Å²) in [6, 6.07) is 5.85. The highest BCUT2D eigenvalue weighted by atomic mass is 32.2. The fourth-order valence-electron chi connectivity index (χ4n) is 1.96. The van der Waals surface area contributed by atoms with Gasteiger partial charge in [-0.25, -0.2) is 0 Å².